The number of fused-ring (bicyclic) bond motifs is 1. The van der Waals surface area contributed by atoms with E-state index in [-0.39, 0.29) is 24.3 Å². The molecule has 0 saturated carbocycles. The second-order valence-electron chi connectivity index (χ2n) is 14.3. The Hall–Kier alpha value is -5.48. The minimum atomic E-state index is -0.138. The number of anilines is 1. The van der Waals surface area contributed by atoms with Crippen LogP contribution in [-0.4, -0.2) is 86.7 Å². The van der Waals surface area contributed by atoms with E-state index in [0.717, 1.165) is 75.4 Å². The number of hydrogen-bond donors (Lipinski definition) is 3. The molecular weight excluding hydrogens is 691 g/mol. The molecule has 3 N–H and O–H groups in total. The van der Waals surface area contributed by atoms with E-state index in [2.05, 4.69) is 94.4 Å². The van der Waals surface area contributed by atoms with E-state index >= 15 is 0 Å². The first-order valence-electron chi connectivity index (χ1n) is 19.5. The van der Waals surface area contributed by atoms with E-state index in [1.165, 1.54) is 28.5 Å². The summed E-state index contributed by atoms with van der Waals surface area (Å²) in [6.07, 6.45) is 7.35. The zero-order chi connectivity index (χ0) is 38.4. The molecule has 3 amide bonds. The molecule has 2 unspecified atom stereocenters. The van der Waals surface area contributed by atoms with Crippen molar-refractivity contribution in [2.75, 3.05) is 58.3 Å². The number of ether oxygens (including phenoxy) is 2. The number of piperazine rings is 1. The van der Waals surface area contributed by atoms with Crippen LogP contribution in [-0.2, 0) is 20.8 Å². The maximum atomic E-state index is 12.8. The molecule has 3 aliphatic rings. The quantitative estimate of drug-likeness (QED) is 0.0784. The summed E-state index contributed by atoms with van der Waals surface area (Å²) in [5.74, 6) is 2.09. The average molecular weight is 744 g/mol. The molecule has 2 atom stereocenters. The molecule has 2 saturated heterocycles. The van der Waals surface area contributed by atoms with Crippen LogP contribution in [0, 0.1) is 5.41 Å². The Bertz CT molecular complexity index is 1880. The number of nitrogens with one attached hydrogen (secondary N) is 3. The van der Waals surface area contributed by atoms with Gasteiger partial charge in [0.25, 0.3) is 5.91 Å². The van der Waals surface area contributed by atoms with Crippen LogP contribution in [0.25, 0.3) is 0 Å². The van der Waals surface area contributed by atoms with E-state index in [9.17, 15) is 14.4 Å². The standard InChI is InChI=1S/C40H46N4O3.C5H7NO2/c1-42-38-27-35(19-15-33(38)28-41)47-29-39(45)44-24-22-43(23-25-44)21-7-8-26-46-34-17-13-32(14-18-34)40-36-12-6-5-11-31(36)16-20-37(40)30-9-3-2-4-10-30;7-4-2-1-3-5(8)6-4/h2-6,9-15,17-19,27-28,37,40-42H,7-8,16,20-26,29H2,1H3;1-3H2,(H,6,7,8). The lowest BCUT2D eigenvalue weighted by Gasteiger charge is -2.34. The maximum Gasteiger partial charge on any atom is 0.260 e. The Morgan fingerprint density at radius 3 is 2.22 bits per heavy atom. The van der Waals surface area contributed by atoms with Crippen molar-refractivity contribution in [3.05, 3.63) is 125 Å². The topological polar surface area (TPSA) is 124 Å². The second-order valence-corrected chi connectivity index (χ2v) is 14.3. The summed E-state index contributed by atoms with van der Waals surface area (Å²) in [4.78, 5) is 37.8. The van der Waals surface area contributed by atoms with E-state index in [1.54, 1.807) is 13.1 Å². The van der Waals surface area contributed by atoms with Crippen LogP contribution in [0.3, 0.4) is 0 Å². The molecule has 0 radical (unpaired) electrons. The largest absolute Gasteiger partial charge is 0.494 e. The third-order valence-electron chi connectivity index (χ3n) is 10.7. The highest BCUT2D eigenvalue weighted by molar-refractivity contribution is 5.97. The van der Waals surface area contributed by atoms with E-state index in [0.29, 0.717) is 43.5 Å². The number of imide groups is 1. The van der Waals surface area contributed by atoms with Gasteiger partial charge in [-0.05, 0) is 91.1 Å². The zero-order valence-corrected chi connectivity index (χ0v) is 31.8. The summed E-state index contributed by atoms with van der Waals surface area (Å²) in [6, 6.07) is 34.1. The molecule has 0 spiro atoms. The molecule has 10 heteroatoms. The van der Waals surface area contributed by atoms with Crippen LogP contribution < -0.4 is 20.1 Å². The summed E-state index contributed by atoms with van der Waals surface area (Å²) in [5.41, 5.74) is 7.28. The first-order valence-corrected chi connectivity index (χ1v) is 19.5. The molecule has 4 aromatic carbocycles. The first-order chi connectivity index (χ1) is 26.9. The molecule has 2 fully saturated rings. The third kappa shape index (κ3) is 10.8. The Morgan fingerprint density at radius 1 is 0.818 bits per heavy atom. The molecule has 288 valence electrons. The van der Waals surface area contributed by atoms with Gasteiger partial charge < -0.3 is 25.1 Å². The number of hydrogen-bond acceptors (Lipinski definition) is 8. The van der Waals surface area contributed by atoms with Gasteiger partial charge in [0.2, 0.25) is 11.8 Å². The lowest BCUT2D eigenvalue weighted by Crippen LogP contribution is -2.50. The number of unbranched alkanes of at least 4 members (excludes halogenated alkanes) is 1. The van der Waals surface area contributed by atoms with Crippen molar-refractivity contribution in [2.45, 2.75) is 56.8 Å². The number of piperidine rings is 1. The Kier molecular flexibility index (Phi) is 14.1. The Labute approximate surface area is 324 Å². The lowest BCUT2D eigenvalue weighted by molar-refractivity contribution is -0.135. The molecule has 4 aromatic rings. The fourth-order valence-corrected chi connectivity index (χ4v) is 7.74. The lowest BCUT2D eigenvalue weighted by atomic mass is 9.69. The Balaban J connectivity index is 0.000000572. The first kappa shape index (κ1) is 39.2. The molecule has 2 aliphatic heterocycles. The fourth-order valence-electron chi connectivity index (χ4n) is 7.74. The summed E-state index contributed by atoms with van der Waals surface area (Å²) in [6.45, 7) is 4.92. The highest BCUT2D eigenvalue weighted by Gasteiger charge is 2.31. The molecule has 0 aromatic heterocycles. The molecule has 2 heterocycles. The van der Waals surface area contributed by atoms with E-state index in [4.69, 9.17) is 14.9 Å². The van der Waals surface area contributed by atoms with Gasteiger partial charge in [0.15, 0.2) is 6.61 Å². The number of carbonyl (C=O) groups is 3. The summed E-state index contributed by atoms with van der Waals surface area (Å²) in [7, 11) is 1.81. The summed E-state index contributed by atoms with van der Waals surface area (Å²) in [5, 5.41) is 12.7. The SMILES string of the molecule is CNc1cc(OCC(=O)N2CCN(CCCCOc3ccc(C4c5ccccc5CCC4c4ccccc4)cc3)CC2)ccc1C=N.O=C1CCCC(=O)N1. The second kappa shape index (κ2) is 19.7. The third-order valence-corrected chi connectivity index (χ3v) is 10.7. The zero-order valence-electron chi connectivity index (χ0n) is 31.8. The molecule has 0 bridgehead atoms. The molecule has 55 heavy (non-hydrogen) atoms. The normalized spacial score (nSPS) is 18.2. The van der Waals surface area contributed by atoms with Crippen LogP contribution >= 0.6 is 0 Å². The van der Waals surface area contributed by atoms with Crippen molar-refractivity contribution in [3.8, 4) is 11.5 Å². The van der Waals surface area contributed by atoms with Crippen molar-refractivity contribution in [2.24, 2.45) is 0 Å². The van der Waals surface area contributed by atoms with Crippen LogP contribution in [0.2, 0.25) is 0 Å². The summed E-state index contributed by atoms with van der Waals surface area (Å²) >= 11 is 0. The van der Waals surface area contributed by atoms with Gasteiger partial charge in [0.1, 0.15) is 11.5 Å². The molecule has 7 rings (SSSR count). The van der Waals surface area contributed by atoms with Crippen LogP contribution in [0.1, 0.15) is 78.2 Å². The van der Waals surface area contributed by atoms with Gasteiger partial charge in [-0.1, -0.05) is 66.7 Å². The Morgan fingerprint density at radius 2 is 1.53 bits per heavy atom. The van der Waals surface area contributed by atoms with Crippen LogP contribution in [0.4, 0.5) is 5.69 Å². The molecular formula is C45H53N5O5. The highest BCUT2D eigenvalue weighted by Crippen LogP contribution is 2.46. The predicted molar refractivity (Wildman–Crippen MR) is 216 cm³/mol. The number of aryl methyl sites for hydroxylation is 1. The maximum absolute atomic E-state index is 12.8. The van der Waals surface area contributed by atoms with Gasteiger partial charge in [-0.2, -0.15) is 0 Å². The van der Waals surface area contributed by atoms with Crippen molar-refractivity contribution in [1.29, 1.82) is 5.41 Å². The molecule has 1 aliphatic carbocycles. The summed E-state index contributed by atoms with van der Waals surface area (Å²) < 4.78 is 11.9. The number of carbonyl (C=O) groups excluding carboxylic acids is 3. The number of benzene rings is 4. The fraction of sp³-hybridized carbons (Fsp3) is 0.378. The van der Waals surface area contributed by atoms with Crippen molar-refractivity contribution in [3.63, 3.8) is 0 Å². The number of rotatable bonds is 13. The minimum absolute atomic E-state index is 0.00879. The molecule has 10 nitrogen and oxygen atoms in total. The van der Waals surface area contributed by atoms with Gasteiger partial charge >= 0.3 is 0 Å². The van der Waals surface area contributed by atoms with Crippen LogP contribution in [0.15, 0.2) is 97.1 Å². The van der Waals surface area contributed by atoms with Crippen LogP contribution in [0.5, 0.6) is 11.5 Å². The highest BCUT2D eigenvalue weighted by atomic mass is 16.5. The minimum Gasteiger partial charge on any atom is -0.494 e. The number of amides is 3. The number of nitrogens with zero attached hydrogens (tertiary/aromatic N) is 2. The average Bonchev–Trinajstić information content (AvgIpc) is 3.23. The van der Waals surface area contributed by atoms with Crippen molar-refractivity contribution < 1.29 is 23.9 Å². The van der Waals surface area contributed by atoms with Gasteiger partial charge in [0.05, 0.1) is 6.61 Å². The van der Waals surface area contributed by atoms with Gasteiger partial charge in [-0.3, -0.25) is 24.6 Å². The predicted octanol–water partition coefficient (Wildman–Crippen LogP) is 6.78. The smallest absolute Gasteiger partial charge is 0.260 e. The van der Waals surface area contributed by atoms with Crippen molar-refractivity contribution >= 4 is 29.6 Å². The van der Waals surface area contributed by atoms with Crippen molar-refractivity contribution in [1.82, 2.24) is 15.1 Å². The van der Waals surface area contributed by atoms with Gasteiger partial charge in [0, 0.05) is 75.5 Å². The van der Waals surface area contributed by atoms with E-state index in [1.807, 2.05) is 17.0 Å². The van der Waals surface area contributed by atoms with E-state index < -0.39 is 0 Å². The monoisotopic (exact) mass is 743 g/mol. The van der Waals surface area contributed by atoms with Gasteiger partial charge in [-0.15, -0.1) is 0 Å². The van der Waals surface area contributed by atoms with Gasteiger partial charge in [-0.25, -0.2) is 0 Å².